The average molecular weight is 249 g/mol. The zero-order valence-corrected chi connectivity index (χ0v) is 11.2. The highest BCUT2D eigenvalue weighted by atomic mass is 14.6. The first-order valence-corrected chi connectivity index (χ1v) is 7.28. The fourth-order valence-corrected chi connectivity index (χ4v) is 3.63. The van der Waals surface area contributed by atoms with Crippen LogP contribution >= 0.6 is 0 Å². The molecule has 2 aromatic carbocycles. The van der Waals surface area contributed by atoms with Crippen LogP contribution in [0.4, 0.5) is 0 Å². The van der Waals surface area contributed by atoms with Crippen molar-refractivity contribution >= 4 is 0 Å². The van der Waals surface area contributed by atoms with Crippen LogP contribution in [-0.2, 0) is 19.3 Å². The maximum absolute atomic E-state index is 6.27. The molecule has 2 aliphatic carbocycles. The maximum atomic E-state index is 6.27. The molecule has 1 unspecified atom stereocenters. The highest BCUT2D eigenvalue weighted by Crippen LogP contribution is 2.34. The Morgan fingerprint density at radius 1 is 0.842 bits per heavy atom. The Kier molecular flexibility index (Phi) is 2.49. The molecule has 96 valence electrons. The van der Waals surface area contributed by atoms with Crippen molar-refractivity contribution < 1.29 is 0 Å². The van der Waals surface area contributed by atoms with Gasteiger partial charge in [0.15, 0.2) is 0 Å². The van der Waals surface area contributed by atoms with Gasteiger partial charge in [0.05, 0.1) is 0 Å². The Morgan fingerprint density at radius 2 is 1.53 bits per heavy atom. The van der Waals surface area contributed by atoms with Crippen LogP contribution in [0.2, 0.25) is 0 Å². The fourth-order valence-electron chi connectivity index (χ4n) is 3.63. The smallest absolute Gasteiger partial charge is 0.0297 e. The number of hydrogen-bond acceptors (Lipinski definition) is 1. The Hall–Kier alpha value is -1.60. The molecule has 4 rings (SSSR count). The monoisotopic (exact) mass is 249 g/mol. The van der Waals surface area contributed by atoms with Crippen molar-refractivity contribution in [3.05, 3.63) is 69.8 Å². The molecule has 0 saturated carbocycles. The third-order valence-electron chi connectivity index (χ3n) is 4.70. The number of aryl methyl sites for hydroxylation is 1. The second-order valence-electron chi connectivity index (χ2n) is 5.94. The molecule has 0 heterocycles. The summed E-state index contributed by atoms with van der Waals surface area (Å²) in [6, 6.07) is 13.9. The Labute approximate surface area is 114 Å². The van der Waals surface area contributed by atoms with Crippen LogP contribution in [0, 0.1) is 0 Å². The van der Waals surface area contributed by atoms with E-state index in [1.165, 1.54) is 46.2 Å². The predicted molar refractivity (Wildman–Crippen MR) is 78.4 cm³/mol. The molecular formula is C18H19N. The van der Waals surface area contributed by atoms with Crippen molar-refractivity contribution in [3.8, 4) is 0 Å². The molecule has 0 bridgehead atoms. The van der Waals surface area contributed by atoms with Crippen molar-refractivity contribution in [2.75, 3.05) is 0 Å². The molecule has 0 saturated heterocycles. The van der Waals surface area contributed by atoms with Gasteiger partial charge in [-0.3, -0.25) is 0 Å². The number of hydrogen-bond donors (Lipinski definition) is 1. The zero-order chi connectivity index (χ0) is 12.8. The van der Waals surface area contributed by atoms with E-state index in [-0.39, 0.29) is 6.04 Å². The SMILES string of the molecule is NC1CCCc2cc3c(cc21)Cc1ccccc1C3. The van der Waals surface area contributed by atoms with Gasteiger partial charge in [-0.15, -0.1) is 0 Å². The summed E-state index contributed by atoms with van der Waals surface area (Å²) in [4.78, 5) is 0. The van der Waals surface area contributed by atoms with Crippen LogP contribution in [0.25, 0.3) is 0 Å². The minimum absolute atomic E-state index is 0.256. The summed E-state index contributed by atoms with van der Waals surface area (Å²) in [7, 11) is 0. The van der Waals surface area contributed by atoms with Gasteiger partial charge in [0.25, 0.3) is 0 Å². The molecule has 2 N–H and O–H groups in total. The van der Waals surface area contributed by atoms with Gasteiger partial charge in [-0.2, -0.15) is 0 Å². The summed E-state index contributed by atoms with van der Waals surface area (Å²) in [5, 5.41) is 0. The average Bonchev–Trinajstić information content (AvgIpc) is 2.44. The highest BCUT2D eigenvalue weighted by Gasteiger charge is 2.22. The third kappa shape index (κ3) is 1.81. The van der Waals surface area contributed by atoms with Crippen molar-refractivity contribution in [2.24, 2.45) is 5.73 Å². The Balaban J connectivity index is 1.82. The first-order chi connectivity index (χ1) is 9.31. The molecule has 0 radical (unpaired) electrons. The lowest BCUT2D eigenvalue weighted by Crippen LogP contribution is -2.19. The molecule has 1 heteroatoms. The number of rotatable bonds is 0. The summed E-state index contributed by atoms with van der Waals surface area (Å²) >= 11 is 0. The molecule has 0 amide bonds. The Bertz CT molecular complexity index is 642. The fraction of sp³-hybridized carbons (Fsp3) is 0.333. The molecule has 2 aromatic rings. The summed E-state index contributed by atoms with van der Waals surface area (Å²) in [6.45, 7) is 0. The summed E-state index contributed by atoms with van der Waals surface area (Å²) < 4.78 is 0. The second kappa shape index (κ2) is 4.21. The van der Waals surface area contributed by atoms with E-state index in [0.29, 0.717) is 0 Å². The first kappa shape index (κ1) is 11.2. The van der Waals surface area contributed by atoms with Gasteiger partial charge >= 0.3 is 0 Å². The lowest BCUT2D eigenvalue weighted by molar-refractivity contribution is 0.569. The van der Waals surface area contributed by atoms with Crippen LogP contribution < -0.4 is 5.73 Å². The van der Waals surface area contributed by atoms with E-state index in [0.717, 1.165) is 19.3 Å². The van der Waals surface area contributed by atoms with Crippen molar-refractivity contribution in [1.29, 1.82) is 0 Å². The van der Waals surface area contributed by atoms with E-state index in [4.69, 9.17) is 5.73 Å². The molecule has 0 aromatic heterocycles. The number of benzene rings is 2. The van der Waals surface area contributed by atoms with Gasteiger partial charge in [0.1, 0.15) is 0 Å². The van der Waals surface area contributed by atoms with Crippen LogP contribution in [0.5, 0.6) is 0 Å². The largest absolute Gasteiger partial charge is 0.324 e. The normalized spacial score (nSPS) is 20.4. The second-order valence-corrected chi connectivity index (χ2v) is 5.94. The van der Waals surface area contributed by atoms with Gasteiger partial charge in [-0.1, -0.05) is 36.4 Å². The maximum Gasteiger partial charge on any atom is 0.0297 e. The van der Waals surface area contributed by atoms with Crippen LogP contribution in [0.1, 0.15) is 52.3 Å². The molecule has 0 fully saturated rings. The van der Waals surface area contributed by atoms with E-state index < -0.39 is 0 Å². The molecular weight excluding hydrogens is 230 g/mol. The van der Waals surface area contributed by atoms with Crippen molar-refractivity contribution in [1.82, 2.24) is 0 Å². The number of nitrogens with two attached hydrogens (primary N) is 1. The van der Waals surface area contributed by atoms with E-state index in [1.54, 1.807) is 0 Å². The molecule has 19 heavy (non-hydrogen) atoms. The minimum Gasteiger partial charge on any atom is -0.324 e. The van der Waals surface area contributed by atoms with Crippen LogP contribution in [-0.4, -0.2) is 0 Å². The summed E-state index contributed by atoms with van der Waals surface area (Å²) in [6.07, 6.45) is 5.75. The quantitative estimate of drug-likeness (QED) is 0.648. The van der Waals surface area contributed by atoms with Gasteiger partial charge < -0.3 is 5.73 Å². The standard InChI is InChI=1S/C18H19N/c19-18-7-3-6-14-10-15-8-12-4-1-2-5-13(12)9-16(15)11-17(14)18/h1-2,4-5,10-11,18H,3,6-9,19H2. The number of fused-ring (bicyclic) bond motifs is 3. The highest BCUT2D eigenvalue weighted by molar-refractivity contribution is 5.49. The van der Waals surface area contributed by atoms with Crippen molar-refractivity contribution in [3.63, 3.8) is 0 Å². The topological polar surface area (TPSA) is 26.0 Å². The van der Waals surface area contributed by atoms with Crippen molar-refractivity contribution in [2.45, 2.75) is 38.1 Å². The summed E-state index contributed by atoms with van der Waals surface area (Å²) in [5.74, 6) is 0. The van der Waals surface area contributed by atoms with Gasteiger partial charge in [-0.05, 0) is 65.5 Å². The lowest BCUT2D eigenvalue weighted by Gasteiger charge is -2.27. The van der Waals surface area contributed by atoms with Gasteiger partial charge in [-0.25, -0.2) is 0 Å². The molecule has 2 aliphatic rings. The minimum atomic E-state index is 0.256. The van der Waals surface area contributed by atoms with Crippen LogP contribution in [0.3, 0.4) is 0 Å². The van der Waals surface area contributed by atoms with Gasteiger partial charge in [0.2, 0.25) is 0 Å². The van der Waals surface area contributed by atoms with E-state index in [9.17, 15) is 0 Å². The first-order valence-electron chi connectivity index (χ1n) is 7.28. The molecule has 0 aliphatic heterocycles. The van der Waals surface area contributed by atoms with Crippen LogP contribution in [0.15, 0.2) is 36.4 Å². The Morgan fingerprint density at radius 3 is 2.26 bits per heavy atom. The molecule has 1 atom stereocenters. The van der Waals surface area contributed by atoms with Gasteiger partial charge in [0, 0.05) is 6.04 Å². The van der Waals surface area contributed by atoms with E-state index >= 15 is 0 Å². The third-order valence-corrected chi connectivity index (χ3v) is 4.70. The molecule has 1 nitrogen and oxygen atoms in total. The van der Waals surface area contributed by atoms with E-state index in [1.807, 2.05) is 0 Å². The summed E-state index contributed by atoms with van der Waals surface area (Å²) in [5.41, 5.74) is 15.2. The predicted octanol–water partition coefficient (Wildman–Crippen LogP) is 3.52. The van der Waals surface area contributed by atoms with E-state index in [2.05, 4.69) is 36.4 Å². The lowest BCUT2D eigenvalue weighted by atomic mass is 9.80. The molecule has 0 spiro atoms. The zero-order valence-electron chi connectivity index (χ0n) is 11.2.